The molecule has 3 saturated heterocycles. The molecule has 9 heteroatoms. The van der Waals surface area contributed by atoms with Gasteiger partial charge in [0.15, 0.2) is 0 Å². The summed E-state index contributed by atoms with van der Waals surface area (Å²) in [6, 6.07) is -1.62. The van der Waals surface area contributed by atoms with Crippen molar-refractivity contribution in [1.29, 1.82) is 0 Å². The van der Waals surface area contributed by atoms with Crippen LogP contribution in [0.2, 0.25) is 0 Å². The van der Waals surface area contributed by atoms with Crippen molar-refractivity contribution in [2.24, 2.45) is 11.8 Å². The molecular formula is C24H35BrN2O6. The smallest absolute Gasteiger partial charge is 0.312 e. The van der Waals surface area contributed by atoms with Gasteiger partial charge in [0.25, 0.3) is 0 Å². The summed E-state index contributed by atoms with van der Waals surface area (Å²) in [5, 5.41) is 9.93. The lowest BCUT2D eigenvalue weighted by atomic mass is 9.70. The highest BCUT2D eigenvalue weighted by molar-refractivity contribution is 9.09. The Bertz CT molecular complexity index is 806. The van der Waals surface area contributed by atoms with E-state index in [0.717, 1.165) is 12.8 Å². The number of carbonyl (C=O) groups excluding carboxylic acids is 3. The van der Waals surface area contributed by atoms with Crippen molar-refractivity contribution in [1.82, 2.24) is 9.80 Å². The van der Waals surface area contributed by atoms with E-state index >= 15 is 0 Å². The lowest BCUT2D eigenvalue weighted by molar-refractivity contribution is -0.155. The fraction of sp³-hybridized carbons (Fsp3) is 0.708. The number of likely N-dealkylation sites (tertiary alicyclic amines) is 1. The van der Waals surface area contributed by atoms with Crippen LogP contribution in [-0.4, -0.2) is 87.1 Å². The maximum absolute atomic E-state index is 14.1. The number of rotatable bonds is 11. The highest BCUT2D eigenvalue weighted by Crippen LogP contribution is 2.60. The summed E-state index contributed by atoms with van der Waals surface area (Å²) < 4.78 is 11.7. The van der Waals surface area contributed by atoms with Crippen LogP contribution < -0.4 is 0 Å². The first kappa shape index (κ1) is 25.9. The summed E-state index contributed by atoms with van der Waals surface area (Å²) >= 11 is 3.62. The highest BCUT2D eigenvalue weighted by Gasteiger charge is 2.77. The minimum atomic E-state index is -1.17. The predicted molar refractivity (Wildman–Crippen MR) is 127 cm³/mol. The van der Waals surface area contributed by atoms with Gasteiger partial charge in [0.05, 0.1) is 30.6 Å². The molecule has 8 atom stereocenters. The summed E-state index contributed by atoms with van der Waals surface area (Å²) in [5.74, 6) is -2.80. The van der Waals surface area contributed by atoms with Crippen LogP contribution in [-0.2, 0) is 23.9 Å². The number of carbonyl (C=O) groups is 3. The summed E-state index contributed by atoms with van der Waals surface area (Å²) in [6.45, 7) is 13.2. The number of halogens is 1. The van der Waals surface area contributed by atoms with Gasteiger partial charge < -0.3 is 24.4 Å². The third-order valence-corrected chi connectivity index (χ3v) is 8.01. The number of ether oxygens (including phenoxy) is 2. The molecule has 0 radical (unpaired) electrons. The molecule has 4 unspecified atom stereocenters. The third-order valence-electron chi connectivity index (χ3n) is 7.16. The van der Waals surface area contributed by atoms with Gasteiger partial charge in [0.2, 0.25) is 11.8 Å². The van der Waals surface area contributed by atoms with Crippen LogP contribution in [0.5, 0.6) is 0 Å². The molecule has 3 fully saturated rings. The molecule has 8 nitrogen and oxygen atoms in total. The van der Waals surface area contributed by atoms with Crippen molar-refractivity contribution in [3.05, 3.63) is 25.3 Å². The summed E-state index contributed by atoms with van der Waals surface area (Å²) in [4.78, 5) is 43.8. The largest absolute Gasteiger partial charge is 0.461 e. The van der Waals surface area contributed by atoms with Gasteiger partial charge in [-0.2, -0.15) is 0 Å². The van der Waals surface area contributed by atoms with Gasteiger partial charge in [-0.15, -0.1) is 6.58 Å². The Balaban J connectivity index is 2.07. The Labute approximate surface area is 204 Å². The molecular weight excluding hydrogens is 492 g/mol. The number of hydrogen-bond donors (Lipinski definition) is 1. The van der Waals surface area contributed by atoms with Gasteiger partial charge in [-0.3, -0.25) is 14.4 Å². The lowest BCUT2D eigenvalue weighted by Gasteiger charge is -2.40. The van der Waals surface area contributed by atoms with E-state index in [-0.39, 0.29) is 35.9 Å². The number of esters is 1. The van der Waals surface area contributed by atoms with Gasteiger partial charge in [-0.05, 0) is 26.7 Å². The molecule has 0 aromatic rings. The minimum absolute atomic E-state index is 0.0314. The van der Waals surface area contributed by atoms with Gasteiger partial charge in [-0.1, -0.05) is 48.0 Å². The van der Waals surface area contributed by atoms with Gasteiger partial charge in [0.1, 0.15) is 18.2 Å². The first-order valence-electron chi connectivity index (χ1n) is 11.6. The summed E-state index contributed by atoms with van der Waals surface area (Å²) in [7, 11) is 0. The molecule has 0 aliphatic carbocycles. The van der Waals surface area contributed by atoms with Crippen LogP contribution in [0.25, 0.3) is 0 Å². The van der Waals surface area contributed by atoms with Crippen molar-refractivity contribution in [3.63, 3.8) is 0 Å². The molecule has 184 valence electrons. The average molecular weight is 527 g/mol. The maximum Gasteiger partial charge on any atom is 0.312 e. The van der Waals surface area contributed by atoms with Gasteiger partial charge in [0, 0.05) is 17.4 Å². The molecule has 0 aromatic heterocycles. The first-order valence-corrected chi connectivity index (χ1v) is 12.5. The van der Waals surface area contributed by atoms with Crippen molar-refractivity contribution in [3.8, 4) is 0 Å². The molecule has 1 N–H and O–H groups in total. The molecule has 2 bridgehead atoms. The zero-order chi connectivity index (χ0) is 24.5. The average Bonchev–Trinajstić information content (AvgIpc) is 3.38. The number of aliphatic hydroxyl groups is 1. The first-order chi connectivity index (χ1) is 15.7. The van der Waals surface area contributed by atoms with Crippen molar-refractivity contribution in [2.45, 2.75) is 74.7 Å². The molecule has 0 saturated carbocycles. The minimum Gasteiger partial charge on any atom is -0.461 e. The zero-order valence-electron chi connectivity index (χ0n) is 19.6. The fourth-order valence-corrected chi connectivity index (χ4v) is 6.72. The SMILES string of the molecule is C=CCOC(=O)[C@H]1[C@@H]2OC3(CC2Br)C(C(=O)N(CC=C)C(C)CCC)N([C@H](C)CO)C(=O)[C@H]13. The summed E-state index contributed by atoms with van der Waals surface area (Å²) in [5.41, 5.74) is -1.17. The molecule has 1 spiro atoms. The van der Waals surface area contributed by atoms with Crippen LogP contribution in [0, 0.1) is 11.8 Å². The topological polar surface area (TPSA) is 96.4 Å². The van der Waals surface area contributed by atoms with Crippen molar-refractivity contribution >= 4 is 33.7 Å². The number of aliphatic hydroxyl groups excluding tert-OH is 1. The van der Waals surface area contributed by atoms with Gasteiger partial charge >= 0.3 is 5.97 Å². The number of hydrogen-bond acceptors (Lipinski definition) is 6. The Kier molecular flexibility index (Phi) is 8.07. The molecule has 2 amide bonds. The van der Waals surface area contributed by atoms with E-state index in [4.69, 9.17) is 9.47 Å². The van der Waals surface area contributed by atoms with Crippen molar-refractivity contribution < 1.29 is 29.0 Å². The Morgan fingerprint density at radius 1 is 1.39 bits per heavy atom. The Hall–Kier alpha value is -1.71. The van der Waals surface area contributed by atoms with E-state index in [9.17, 15) is 19.5 Å². The second-order valence-corrected chi connectivity index (χ2v) is 10.5. The van der Waals surface area contributed by atoms with Crippen LogP contribution in [0.1, 0.15) is 40.0 Å². The number of fused-ring (bicyclic) bond motifs is 1. The third kappa shape index (κ3) is 4.17. The normalized spacial score (nSPS) is 34.0. The fourth-order valence-electron chi connectivity index (χ4n) is 5.77. The Morgan fingerprint density at radius 3 is 2.67 bits per heavy atom. The predicted octanol–water partition coefficient (Wildman–Crippen LogP) is 2.05. The second-order valence-electron chi connectivity index (χ2n) is 9.28. The lowest BCUT2D eigenvalue weighted by Crippen LogP contribution is -2.59. The summed E-state index contributed by atoms with van der Waals surface area (Å²) in [6.07, 6.45) is 4.68. The van der Waals surface area contributed by atoms with Crippen LogP contribution >= 0.6 is 15.9 Å². The van der Waals surface area contributed by atoms with E-state index in [0.29, 0.717) is 13.0 Å². The second kappa shape index (κ2) is 10.3. The standard InChI is InChI=1S/C24H35BrN2O6/c1-6-9-14(4)26(10-7-2)22(30)20-24-12-16(25)19(33-24)17(23(31)32-11-8-3)18(24)21(29)27(20)15(5)13-28/h7-8,14-20,28H,2-3,6,9-13H2,1,4-5H3/t14?,15-,16?,17-,18+,19-,20?,24?/m1/s1. The number of amides is 2. The monoisotopic (exact) mass is 526 g/mol. The van der Waals surface area contributed by atoms with Gasteiger partial charge in [-0.25, -0.2) is 0 Å². The molecule has 33 heavy (non-hydrogen) atoms. The molecule has 3 heterocycles. The Morgan fingerprint density at radius 2 is 2.09 bits per heavy atom. The zero-order valence-corrected chi connectivity index (χ0v) is 21.2. The van der Waals surface area contributed by atoms with Crippen LogP contribution in [0.4, 0.5) is 0 Å². The van der Waals surface area contributed by atoms with E-state index in [1.807, 2.05) is 6.92 Å². The highest BCUT2D eigenvalue weighted by atomic mass is 79.9. The van der Waals surface area contributed by atoms with Crippen LogP contribution in [0.3, 0.4) is 0 Å². The van der Waals surface area contributed by atoms with E-state index in [1.165, 1.54) is 11.0 Å². The van der Waals surface area contributed by atoms with E-state index in [2.05, 4.69) is 36.0 Å². The number of nitrogens with zero attached hydrogens (tertiary/aromatic N) is 2. The van der Waals surface area contributed by atoms with E-state index in [1.54, 1.807) is 17.9 Å². The molecule has 3 rings (SSSR count). The number of alkyl halides is 1. The van der Waals surface area contributed by atoms with Crippen molar-refractivity contribution in [2.75, 3.05) is 19.8 Å². The van der Waals surface area contributed by atoms with Crippen LogP contribution in [0.15, 0.2) is 25.3 Å². The quantitative estimate of drug-likeness (QED) is 0.251. The molecule has 3 aliphatic rings. The maximum atomic E-state index is 14.1. The van der Waals surface area contributed by atoms with E-state index < -0.39 is 41.6 Å². The molecule has 3 aliphatic heterocycles. The molecule has 0 aromatic carbocycles.